The molecule has 13 heteroatoms. The van der Waals surface area contributed by atoms with Gasteiger partial charge in [0.25, 0.3) is 10.8 Å². The molecule has 0 aliphatic rings. The van der Waals surface area contributed by atoms with E-state index >= 15 is 0 Å². The van der Waals surface area contributed by atoms with Gasteiger partial charge in [-0.05, 0) is 55.4 Å². The summed E-state index contributed by atoms with van der Waals surface area (Å²) in [5.74, 6) is 0.765. The molecular formula is C22H40ClN7O5. The van der Waals surface area contributed by atoms with Crippen molar-refractivity contribution in [1.82, 2.24) is 19.6 Å². The molecule has 35 heavy (non-hydrogen) atoms. The Morgan fingerprint density at radius 3 is 1.37 bits per heavy atom. The van der Waals surface area contributed by atoms with E-state index in [-0.39, 0.29) is 5.43 Å². The fraction of sp³-hybridized carbons (Fsp3) is 0.727. The van der Waals surface area contributed by atoms with Gasteiger partial charge in [-0.25, -0.2) is 23.2 Å². The normalized spacial score (nSPS) is 12.0. The summed E-state index contributed by atoms with van der Waals surface area (Å²) in [5.41, 5.74) is 1.98. The smallest absolute Gasteiger partial charge is 0.266 e. The van der Waals surface area contributed by atoms with Crippen molar-refractivity contribution in [2.45, 2.75) is 79.6 Å². The third-order valence-corrected chi connectivity index (χ3v) is 5.18. The zero-order valence-corrected chi connectivity index (χ0v) is 23.6. The molecule has 2 aromatic rings. The minimum Gasteiger partial charge on any atom is -0.359 e. The van der Waals surface area contributed by atoms with E-state index in [0.29, 0.717) is 35.8 Å². The number of nitrogens with zero attached hydrogens (tertiary/aromatic N) is 7. The van der Waals surface area contributed by atoms with Crippen molar-refractivity contribution in [2.75, 3.05) is 42.9 Å². The minimum atomic E-state index is -4.94. The van der Waals surface area contributed by atoms with Gasteiger partial charge in [-0.2, -0.15) is 0 Å². The second-order valence-electron chi connectivity index (χ2n) is 9.87. The summed E-state index contributed by atoms with van der Waals surface area (Å²) in [5, 5.41) is 10.4. The van der Waals surface area contributed by atoms with Gasteiger partial charge < -0.3 is 14.7 Å². The van der Waals surface area contributed by atoms with E-state index in [4.69, 9.17) is 18.6 Å². The van der Waals surface area contributed by atoms with E-state index in [1.54, 1.807) is 14.6 Å². The molecule has 1 aromatic carbocycles. The molecule has 0 spiro atoms. The molecule has 12 nitrogen and oxygen atoms in total. The lowest BCUT2D eigenvalue weighted by Crippen LogP contribution is -2.68. The van der Waals surface area contributed by atoms with E-state index in [2.05, 4.69) is 75.1 Å². The van der Waals surface area contributed by atoms with E-state index in [0.717, 1.165) is 5.69 Å². The Morgan fingerprint density at radius 1 is 0.771 bits per heavy atom. The molecule has 0 saturated carbocycles. The highest BCUT2D eigenvalue weighted by atomic mass is 35.7. The zero-order chi connectivity index (χ0) is 27.6. The maximum atomic E-state index is 12.8. The molecule has 200 valence electrons. The van der Waals surface area contributed by atoms with Crippen LogP contribution in [-0.4, -0.2) is 67.4 Å². The first-order valence-electron chi connectivity index (χ1n) is 11.5. The molecular weight excluding hydrogens is 478 g/mol. The van der Waals surface area contributed by atoms with E-state index < -0.39 is 10.2 Å². The van der Waals surface area contributed by atoms with Gasteiger partial charge in [0.1, 0.15) is 17.8 Å². The lowest BCUT2D eigenvalue weighted by molar-refractivity contribution is -2.00. The Hall–Kier alpha value is -2.25. The largest absolute Gasteiger partial charge is 0.359 e. The van der Waals surface area contributed by atoms with Crippen LogP contribution < -0.4 is 48.7 Å². The van der Waals surface area contributed by atoms with Crippen LogP contribution in [0.1, 0.15) is 55.4 Å². The monoisotopic (exact) mass is 517 g/mol. The van der Waals surface area contributed by atoms with Crippen LogP contribution in [0, 0.1) is 10.2 Å². The van der Waals surface area contributed by atoms with Crippen LogP contribution in [0.3, 0.4) is 0 Å². The predicted octanol–water partition coefficient (Wildman–Crippen LogP) is -2.91. The summed E-state index contributed by atoms with van der Waals surface area (Å²) >= 11 is 0. The third kappa shape index (κ3) is 7.87. The van der Waals surface area contributed by atoms with Gasteiger partial charge in [-0.15, -0.1) is 25.2 Å². The highest BCUT2D eigenvalue weighted by molar-refractivity contribution is 5.76. The van der Waals surface area contributed by atoms with Crippen LogP contribution in [0.5, 0.6) is 0 Å². The lowest BCUT2D eigenvalue weighted by Gasteiger charge is -2.29. The van der Waals surface area contributed by atoms with Gasteiger partial charge in [-0.3, -0.25) is 4.79 Å². The van der Waals surface area contributed by atoms with Gasteiger partial charge >= 0.3 is 0 Å². The van der Waals surface area contributed by atoms with Crippen molar-refractivity contribution in [3.05, 3.63) is 15.6 Å². The first-order chi connectivity index (χ1) is 15.8. The molecule has 1 aromatic heterocycles. The molecule has 0 saturated heterocycles. The predicted molar refractivity (Wildman–Crippen MR) is 127 cm³/mol. The number of aromatic nitrogens is 3. The Labute approximate surface area is 209 Å². The summed E-state index contributed by atoms with van der Waals surface area (Å²) in [6.07, 6.45) is 0. The Morgan fingerprint density at radius 2 is 1.11 bits per heavy atom. The van der Waals surface area contributed by atoms with Gasteiger partial charge in [0, 0.05) is 40.3 Å². The molecule has 0 fully saturated rings. The maximum Gasteiger partial charge on any atom is 0.266 e. The minimum absolute atomic E-state index is 0.167. The van der Waals surface area contributed by atoms with Crippen molar-refractivity contribution in [3.8, 4) is 5.69 Å². The highest BCUT2D eigenvalue weighted by Gasteiger charge is 2.40. The third-order valence-electron chi connectivity index (χ3n) is 5.18. The van der Waals surface area contributed by atoms with Gasteiger partial charge in [0.05, 0.1) is 0 Å². The van der Waals surface area contributed by atoms with E-state index in [9.17, 15) is 4.79 Å². The Balaban J connectivity index is 0.00000111. The van der Waals surface area contributed by atoms with Crippen molar-refractivity contribution in [1.29, 1.82) is 0 Å². The van der Waals surface area contributed by atoms with Crippen molar-refractivity contribution in [3.63, 3.8) is 0 Å². The van der Waals surface area contributed by atoms with Gasteiger partial charge in [0.15, 0.2) is 5.69 Å². The Bertz CT molecular complexity index is 1010. The fourth-order valence-corrected chi connectivity index (χ4v) is 4.14. The summed E-state index contributed by atoms with van der Waals surface area (Å²) < 4.78 is 36.4. The first-order valence-corrected chi connectivity index (χ1v) is 12.7. The molecule has 0 bridgehead atoms. The van der Waals surface area contributed by atoms with Crippen LogP contribution in [-0.2, 0) is 0 Å². The molecule has 0 aliphatic carbocycles. The average molecular weight is 518 g/mol. The van der Waals surface area contributed by atoms with Crippen molar-refractivity contribution < 1.29 is 28.9 Å². The average Bonchev–Trinajstić information content (AvgIpc) is 3.32. The van der Waals surface area contributed by atoms with E-state index in [1.807, 2.05) is 28.2 Å². The zero-order valence-electron chi connectivity index (χ0n) is 22.9. The van der Waals surface area contributed by atoms with Crippen LogP contribution in [0.25, 0.3) is 5.69 Å². The molecule has 0 radical (unpaired) electrons. The first kappa shape index (κ1) is 30.8. The summed E-state index contributed by atoms with van der Waals surface area (Å²) in [4.78, 5) is 20.4. The molecule has 0 unspecified atom stereocenters. The summed E-state index contributed by atoms with van der Waals surface area (Å²) in [7, 11) is 2.40. The van der Waals surface area contributed by atoms with Crippen molar-refractivity contribution >= 4 is 17.3 Å². The van der Waals surface area contributed by atoms with Crippen LogP contribution in [0.4, 0.5) is 17.3 Å². The topological polar surface area (TPSA) is 153 Å². The molecule has 1 heterocycles. The fourth-order valence-electron chi connectivity index (χ4n) is 4.14. The second kappa shape index (κ2) is 11.7. The number of hydrogen-bond donors (Lipinski definition) is 0. The Kier molecular flexibility index (Phi) is 10.3. The molecule has 0 N–H and O–H groups in total. The number of rotatable bonds is 8. The van der Waals surface area contributed by atoms with Crippen LogP contribution >= 0.6 is 0 Å². The summed E-state index contributed by atoms with van der Waals surface area (Å²) in [6.45, 7) is 17.7. The second-order valence-corrected chi connectivity index (χ2v) is 10.6. The molecule has 0 aliphatic heterocycles. The van der Waals surface area contributed by atoms with E-state index in [1.165, 1.54) is 11.0 Å². The standard InChI is InChI=1S/C22H40N7O.ClHO4/c1-13(2)27(14(3)4)17-18(28(15(5)6)16(7)8)19(17)29-23-21(25(9)10)20(30)22(24-29)26(11)12;2-1(3,4)5/h13-16H,1-12H3;(H,2,3,4,5)/q+1;/p-1. The summed E-state index contributed by atoms with van der Waals surface area (Å²) in [6, 6.07) is 1.31. The lowest BCUT2D eigenvalue weighted by atomic mass is 10.2. The molecule has 0 atom stereocenters. The highest BCUT2D eigenvalue weighted by Crippen LogP contribution is 2.30. The van der Waals surface area contributed by atoms with Crippen LogP contribution in [0.15, 0.2) is 4.79 Å². The maximum absolute atomic E-state index is 12.8. The van der Waals surface area contributed by atoms with Gasteiger partial charge in [-0.1, -0.05) is 0 Å². The quantitative estimate of drug-likeness (QED) is 0.333. The van der Waals surface area contributed by atoms with Crippen molar-refractivity contribution in [2.24, 2.45) is 0 Å². The molecule has 2 rings (SSSR count). The number of hydrogen-bond acceptors (Lipinski definition) is 10. The number of halogens is 1. The number of anilines is 3. The SMILES string of the molecule is CC(C)N(c1c(-n2nc(N(C)C)c(=O)c(N(C)C)n2)c1=[N+](C(C)C)C(C)C)C(C)C.[O-][Cl+3]([O-])([O-])[O-]. The van der Waals surface area contributed by atoms with Crippen LogP contribution in [0.2, 0.25) is 0 Å². The molecule has 0 amide bonds. The van der Waals surface area contributed by atoms with Gasteiger partial charge in [0.2, 0.25) is 11.6 Å².